The second-order valence-electron chi connectivity index (χ2n) is 0.676. The average Bonchev–Trinajstić information content (AvgIpc) is 1.35. The molecule has 0 aromatic rings. The van der Waals surface area contributed by atoms with Crippen LogP contribution in [0.3, 0.4) is 0 Å². The van der Waals surface area contributed by atoms with Crippen LogP contribution in [0.2, 0.25) is 0 Å². The summed E-state index contributed by atoms with van der Waals surface area (Å²) < 4.78 is 20.6. The van der Waals surface area contributed by atoms with Gasteiger partial charge in [-0.2, -0.15) is 0 Å². The van der Waals surface area contributed by atoms with Crippen molar-refractivity contribution in [2.45, 2.75) is 5.63 Å². The molecule has 4 heteroatoms. The Hall–Kier alpha value is 0.240. The summed E-state index contributed by atoms with van der Waals surface area (Å²) in [5, 5.41) is 0. The fraction of sp³-hybridized carbons (Fsp3) is 1.00. The summed E-state index contributed by atoms with van der Waals surface area (Å²) in [4.78, 5) is 0. The third kappa shape index (κ3) is 4.24. The molecule has 0 bridgehead atoms. The smallest absolute Gasteiger partial charge is 0.224 e. The Morgan fingerprint density at radius 3 is 2.50 bits per heavy atom. The van der Waals surface area contributed by atoms with E-state index in [-0.39, 0.29) is 17.4 Å². The van der Waals surface area contributed by atoms with Gasteiger partial charge in [-0.05, 0) is 0 Å². The van der Waals surface area contributed by atoms with Crippen LogP contribution in [0.5, 0.6) is 0 Å². The maximum Gasteiger partial charge on any atom is 0.463 e. The molecule has 0 spiro atoms. The molecule has 1 atom stereocenters. The average molecular weight is 130 g/mol. The van der Waals surface area contributed by atoms with Crippen LogP contribution in [0, 0.1) is 0 Å². The van der Waals surface area contributed by atoms with Crippen molar-refractivity contribution in [1.82, 2.24) is 0 Å². The molecule has 0 N–H and O–H groups in total. The normalized spacial score (nSPS) is 13.7. The first-order valence-corrected chi connectivity index (χ1v) is 2.65. The second kappa shape index (κ2) is 3.43. The summed E-state index contributed by atoms with van der Waals surface area (Å²) in [6, 6.07) is 0. The third-order valence-electron chi connectivity index (χ3n) is 0.194. The van der Waals surface area contributed by atoms with E-state index in [9.17, 15) is 8.60 Å². The fourth-order valence-corrected chi connectivity index (χ4v) is 0.309. The Kier molecular flexibility index (Phi) is 3.57. The van der Waals surface area contributed by atoms with Crippen LogP contribution in [-0.2, 0) is 15.9 Å². The zero-order valence-electron chi connectivity index (χ0n) is 2.86. The van der Waals surface area contributed by atoms with Gasteiger partial charge in [0.15, 0.2) is 0 Å². The SMILES string of the molecule is O=[S+]CC(F)Cl. The lowest BCUT2D eigenvalue weighted by molar-refractivity contribution is 0.477. The number of halogens is 2. The van der Waals surface area contributed by atoms with Gasteiger partial charge in [0, 0.05) is 4.21 Å². The highest BCUT2D eigenvalue weighted by molar-refractivity contribution is 7.65. The highest BCUT2D eigenvalue weighted by Gasteiger charge is 2.07. The second-order valence-corrected chi connectivity index (χ2v) is 1.72. The highest BCUT2D eigenvalue weighted by Crippen LogP contribution is 1.93. The van der Waals surface area contributed by atoms with E-state index < -0.39 is 5.63 Å². The van der Waals surface area contributed by atoms with Crippen molar-refractivity contribution in [3.63, 3.8) is 0 Å². The van der Waals surface area contributed by atoms with Crippen LogP contribution in [0.4, 0.5) is 4.39 Å². The zero-order valence-corrected chi connectivity index (χ0v) is 4.43. The number of hydrogen-bond donors (Lipinski definition) is 0. The minimum Gasteiger partial charge on any atom is -0.224 e. The molecule has 0 aromatic heterocycles. The van der Waals surface area contributed by atoms with Crippen LogP contribution in [0.25, 0.3) is 0 Å². The van der Waals surface area contributed by atoms with Crippen molar-refractivity contribution in [3.05, 3.63) is 0 Å². The first kappa shape index (κ1) is 6.24. The Morgan fingerprint density at radius 2 is 2.50 bits per heavy atom. The molecule has 1 unspecified atom stereocenters. The topological polar surface area (TPSA) is 17.1 Å². The van der Waals surface area contributed by atoms with Crippen LogP contribution < -0.4 is 0 Å². The fourth-order valence-electron chi connectivity index (χ4n) is 0.0514. The molecular formula is C2H3ClFOS+. The van der Waals surface area contributed by atoms with E-state index in [4.69, 9.17) is 11.6 Å². The van der Waals surface area contributed by atoms with Gasteiger partial charge in [0.1, 0.15) is 0 Å². The van der Waals surface area contributed by atoms with E-state index in [0.717, 1.165) is 0 Å². The van der Waals surface area contributed by atoms with E-state index in [1.807, 2.05) is 0 Å². The van der Waals surface area contributed by atoms with Crippen molar-refractivity contribution >= 4 is 23.3 Å². The summed E-state index contributed by atoms with van der Waals surface area (Å²) >= 11 is 4.84. The van der Waals surface area contributed by atoms with E-state index >= 15 is 0 Å². The lowest BCUT2D eigenvalue weighted by Crippen LogP contribution is -1.92. The minimum atomic E-state index is -1.48. The lowest BCUT2D eigenvalue weighted by atomic mass is 10.9. The number of rotatable bonds is 2. The molecule has 0 radical (unpaired) electrons. The van der Waals surface area contributed by atoms with Gasteiger partial charge < -0.3 is 0 Å². The molecule has 1 nitrogen and oxygen atoms in total. The maximum absolute atomic E-state index is 11.2. The van der Waals surface area contributed by atoms with Gasteiger partial charge in [-0.25, -0.2) is 4.39 Å². The van der Waals surface area contributed by atoms with Crippen molar-refractivity contribution in [2.75, 3.05) is 5.75 Å². The van der Waals surface area contributed by atoms with Crippen molar-refractivity contribution in [2.24, 2.45) is 0 Å². The Morgan fingerprint density at radius 1 is 2.00 bits per heavy atom. The van der Waals surface area contributed by atoms with Crippen LogP contribution >= 0.6 is 11.6 Å². The van der Waals surface area contributed by atoms with Gasteiger partial charge in [-0.15, -0.1) is 0 Å². The molecule has 36 valence electrons. The van der Waals surface area contributed by atoms with Gasteiger partial charge in [0.05, 0.1) is 0 Å². The number of alkyl halides is 2. The van der Waals surface area contributed by atoms with E-state index in [1.54, 1.807) is 0 Å². The van der Waals surface area contributed by atoms with Crippen LogP contribution in [-0.4, -0.2) is 11.4 Å². The molecule has 0 heterocycles. The van der Waals surface area contributed by atoms with Gasteiger partial charge >= 0.3 is 11.7 Å². The predicted molar refractivity (Wildman–Crippen MR) is 23.7 cm³/mol. The first-order valence-electron chi connectivity index (χ1n) is 1.30. The molecule has 0 aliphatic heterocycles. The molecular weight excluding hydrogens is 127 g/mol. The quantitative estimate of drug-likeness (QED) is 0.401. The molecule has 0 saturated carbocycles. The molecule has 0 saturated heterocycles. The maximum atomic E-state index is 11.2. The van der Waals surface area contributed by atoms with E-state index in [1.165, 1.54) is 0 Å². The summed E-state index contributed by atoms with van der Waals surface area (Å²) in [7, 11) is 0. The third-order valence-corrected chi connectivity index (χ3v) is 0.960. The molecule has 0 aromatic carbocycles. The summed E-state index contributed by atoms with van der Waals surface area (Å²) in [5.74, 6) is -0.165. The van der Waals surface area contributed by atoms with Gasteiger partial charge in [0.2, 0.25) is 5.63 Å². The van der Waals surface area contributed by atoms with Gasteiger partial charge in [0.25, 0.3) is 5.75 Å². The van der Waals surface area contributed by atoms with Gasteiger partial charge in [-0.3, -0.25) is 0 Å². The predicted octanol–water partition coefficient (Wildman–Crippen LogP) is 0.949. The lowest BCUT2D eigenvalue weighted by Gasteiger charge is -1.72. The Labute approximate surface area is 44.0 Å². The largest absolute Gasteiger partial charge is 0.463 e. The van der Waals surface area contributed by atoms with Crippen molar-refractivity contribution in [3.8, 4) is 0 Å². The van der Waals surface area contributed by atoms with E-state index in [2.05, 4.69) is 0 Å². The van der Waals surface area contributed by atoms with Crippen molar-refractivity contribution in [1.29, 1.82) is 0 Å². The number of hydrogen-bond acceptors (Lipinski definition) is 1. The van der Waals surface area contributed by atoms with Crippen LogP contribution in [0.1, 0.15) is 0 Å². The molecule has 0 rings (SSSR count). The standard InChI is InChI=1S/C2H3ClFOS/c3-2(4)1-6-5/h2H,1H2/q+1. The summed E-state index contributed by atoms with van der Waals surface area (Å²) in [6.45, 7) is 0. The van der Waals surface area contributed by atoms with E-state index in [0.29, 0.717) is 0 Å². The molecule has 0 amide bonds. The molecule has 0 aliphatic rings. The Balaban J connectivity index is 2.81. The Bertz CT molecular complexity index is 48.8. The minimum absolute atomic E-state index is 0.153. The zero-order chi connectivity index (χ0) is 4.99. The molecule has 6 heavy (non-hydrogen) atoms. The monoisotopic (exact) mass is 129 g/mol. The molecule has 0 fully saturated rings. The van der Waals surface area contributed by atoms with Crippen molar-refractivity contribution < 1.29 is 8.60 Å². The van der Waals surface area contributed by atoms with Crippen LogP contribution in [0.15, 0.2) is 0 Å². The summed E-state index contributed by atoms with van der Waals surface area (Å²) in [6.07, 6.45) is 0. The molecule has 0 aliphatic carbocycles. The van der Waals surface area contributed by atoms with Gasteiger partial charge in [-0.1, -0.05) is 11.6 Å². The highest BCUT2D eigenvalue weighted by atomic mass is 35.5. The summed E-state index contributed by atoms with van der Waals surface area (Å²) in [5.41, 5.74) is -1.48. The first-order chi connectivity index (χ1) is 2.77.